The summed E-state index contributed by atoms with van der Waals surface area (Å²) >= 11 is 1.47. The first-order valence-electron chi connectivity index (χ1n) is 10.4. The van der Waals surface area contributed by atoms with Crippen LogP contribution >= 0.6 is 11.3 Å². The molecule has 0 saturated heterocycles. The minimum atomic E-state index is -0.625. The first-order valence-corrected chi connectivity index (χ1v) is 11.3. The van der Waals surface area contributed by atoms with Gasteiger partial charge in [-0.25, -0.2) is 4.79 Å². The van der Waals surface area contributed by atoms with Crippen LogP contribution in [0.25, 0.3) is 10.6 Å². The lowest BCUT2D eigenvalue weighted by molar-refractivity contribution is -0.119. The molecule has 0 spiro atoms. The van der Waals surface area contributed by atoms with Crippen LogP contribution in [-0.2, 0) is 16.1 Å². The molecule has 0 radical (unpaired) electrons. The van der Waals surface area contributed by atoms with Crippen LogP contribution in [0.4, 0.5) is 5.69 Å². The monoisotopic (exact) mass is 477 g/mol. The molecule has 0 saturated carbocycles. The summed E-state index contributed by atoms with van der Waals surface area (Å²) in [4.78, 5) is 26.2. The number of nitrogens with zero attached hydrogens (tertiary/aromatic N) is 2. The van der Waals surface area contributed by atoms with E-state index in [1.807, 2.05) is 47.8 Å². The van der Waals surface area contributed by atoms with Gasteiger partial charge in [-0.05, 0) is 29.1 Å². The number of rotatable bonds is 9. The van der Waals surface area contributed by atoms with Crippen LogP contribution < -0.4 is 14.8 Å². The van der Waals surface area contributed by atoms with Gasteiger partial charge in [0.1, 0.15) is 22.8 Å². The van der Waals surface area contributed by atoms with Gasteiger partial charge in [0.2, 0.25) is 0 Å². The van der Waals surface area contributed by atoms with Gasteiger partial charge >= 0.3 is 5.97 Å². The topological polar surface area (TPSA) is 91.7 Å². The summed E-state index contributed by atoms with van der Waals surface area (Å²) in [6, 6.07) is 18.6. The number of hydrogen-bond donors (Lipinski definition) is 1. The number of thiophene rings is 1. The number of benzene rings is 2. The van der Waals surface area contributed by atoms with Crippen molar-refractivity contribution in [2.24, 2.45) is 0 Å². The minimum absolute atomic E-state index is 0.299. The zero-order valence-corrected chi connectivity index (χ0v) is 19.5. The highest BCUT2D eigenvalue weighted by molar-refractivity contribution is 7.13. The van der Waals surface area contributed by atoms with Gasteiger partial charge in [0, 0.05) is 12.3 Å². The second-order valence-electron chi connectivity index (χ2n) is 7.24. The number of methoxy groups -OCH3 is 2. The van der Waals surface area contributed by atoms with Crippen LogP contribution in [0.15, 0.2) is 72.2 Å². The van der Waals surface area contributed by atoms with Crippen LogP contribution in [0.5, 0.6) is 11.5 Å². The third kappa shape index (κ3) is 5.44. The van der Waals surface area contributed by atoms with Crippen molar-refractivity contribution in [3.05, 3.63) is 83.4 Å². The molecule has 2 aromatic heterocycles. The number of aromatic nitrogens is 2. The molecule has 174 valence electrons. The van der Waals surface area contributed by atoms with Crippen LogP contribution in [-0.4, -0.2) is 42.5 Å². The molecule has 0 aliphatic rings. The predicted molar refractivity (Wildman–Crippen MR) is 130 cm³/mol. The second kappa shape index (κ2) is 10.7. The number of hydrogen-bond acceptors (Lipinski definition) is 7. The second-order valence-corrected chi connectivity index (χ2v) is 8.19. The van der Waals surface area contributed by atoms with Crippen molar-refractivity contribution in [2.45, 2.75) is 6.54 Å². The van der Waals surface area contributed by atoms with E-state index < -0.39 is 18.5 Å². The Morgan fingerprint density at radius 3 is 2.56 bits per heavy atom. The molecule has 0 aliphatic carbocycles. The van der Waals surface area contributed by atoms with Crippen molar-refractivity contribution in [3.8, 4) is 22.1 Å². The molecular formula is C25H23N3O5S. The van der Waals surface area contributed by atoms with E-state index in [0.29, 0.717) is 35.0 Å². The summed E-state index contributed by atoms with van der Waals surface area (Å²) < 4.78 is 17.5. The Morgan fingerprint density at radius 2 is 1.85 bits per heavy atom. The standard InChI is InChI=1S/C25H23N3O5S/c1-31-18-10-11-20(21(13-18)32-2)26-23(29)16-33-25(30)19-15-28(14-17-7-4-3-5-8-17)27-24(19)22-9-6-12-34-22/h3-13,15H,14,16H2,1-2H3,(H,26,29). The van der Waals surface area contributed by atoms with Crippen LogP contribution in [0.3, 0.4) is 0 Å². The fraction of sp³-hybridized carbons (Fsp3) is 0.160. The Labute approximate surface area is 200 Å². The van der Waals surface area contributed by atoms with E-state index in [2.05, 4.69) is 10.4 Å². The summed E-state index contributed by atoms with van der Waals surface area (Å²) in [7, 11) is 3.03. The highest BCUT2D eigenvalue weighted by Gasteiger charge is 2.21. The van der Waals surface area contributed by atoms with E-state index in [1.54, 1.807) is 36.2 Å². The number of ether oxygens (including phenoxy) is 3. The van der Waals surface area contributed by atoms with Crippen LogP contribution in [0, 0.1) is 0 Å². The van der Waals surface area contributed by atoms with Crippen molar-refractivity contribution in [1.29, 1.82) is 0 Å². The van der Waals surface area contributed by atoms with Gasteiger partial charge in [-0.3, -0.25) is 9.48 Å². The Morgan fingerprint density at radius 1 is 1.03 bits per heavy atom. The largest absolute Gasteiger partial charge is 0.497 e. The number of amides is 1. The molecular weight excluding hydrogens is 454 g/mol. The molecule has 0 fully saturated rings. The maximum atomic E-state index is 12.9. The van der Waals surface area contributed by atoms with Gasteiger partial charge < -0.3 is 19.5 Å². The molecule has 1 amide bonds. The number of nitrogens with one attached hydrogen (secondary N) is 1. The number of carbonyl (C=O) groups excluding carboxylic acids is 2. The lowest BCUT2D eigenvalue weighted by Crippen LogP contribution is -2.21. The van der Waals surface area contributed by atoms with Crippen LogP contribution in [0.1, 0.15) is 15.9 Å². The molecule has 2 aromatic carbocycles. The first kappa shape index (κ1) is 23.1. The normalized spacial score (nSPS) is 10.5. The maximum absolute atomic E-state index is 12.9. The molecule has 34 heavy (non-hydrogen) atoms. The zero-order chi connectivity index (χ0) is 23.9. The Balaban J connectivity index is 1.46. The van der Waals surface area contributed by atoms with E-state index in [0.717, 1.165) is 10.4 Å². The SMILES string of the molecule is COc1ccc(NC(=O)COC(=O)c2cn(Cc3ccccc3)nc2-c2cccs2)c(OC)c1. The maximum Gasteiger partial charge on any atom is 0.342 e. The van der Waals surface area contributed by atoms with E-state index >= 15 is 0 Å². The number of esters is 1. The lowest BCUT2D eigenvalue weighted by atomic mass is 10.2. The molecule has 0 unspecified atom stereocenters. The van der Waals surface area contributed by atoms with Crippen molar-refractivity contribution in [1.82, 2.24) is 9.78 Å². The Kier molecular flexibility index (Phi) is 7.24. The van der Waals surface area contributed by atoms with Crippen LogP contribution in [0.2, 0.25) is 0 Å². The highest BCUT2D eigenvalue weighted by Crippen LogP contribution is 2.29. The summed E-state index contributed by atoms with van der Waals surface area (Å²) in [6.07, 6.45) is 1.65. The first-order chi connectivity index (χ1) is 16.6. The molecule has 2 heterocycles. The van der Waals surface area contributed by atoms with Gasteiger partial charge in [-0.1, -0.05) is 36.4 Å². The van der Waals surface area contributed by atoms with E-state index in [4.69, 9.17) is 14.2 Å². The fourth-order valence-corrected chi connectivity index (χ4v) is 4.04. The molecule has 8 nitrogen and oxygen atoms in total. The fourth-order valence-electron chi connectivity index (χ4n) is 3.31. The number of carbonyl (C=O) groups is 2. The molecule has 9 heteroatoms. The van der Waals surface area contributed by atoms with Crippen molar-refractivity contribution in [2.75, 3.05) is 26.1 Å². The average Bonchev–Trinajstić information content (AvgIpc) is 3.53. The quantitative estimate of drug-likeness (QED) is 0.358. The number of anilines is 1. The summed E-state index contributed by atoms with van der Waals surface area (Å²) in [5.41, 5.74) is 2.32. The Bertz CT molecular complexity index is 1270. The summed E-state index contributed by atoms with van der Waals surface area (Å²) in [5, 5.41) is 9.20. The molecule has 1 N–H and O–H groups in total. The van der Waals surface area contributed by atoms with E-state index in [9.17, 15) is 9.59 Å². The molecule has 0 atom stereocenters. The molecule has 0 aliphatic heterocycles. The summed E-state index contributed by atoms with van der Waals surface area (Å²) in [6.45, 7) is 0.0476. The van der Waals surface area contributed by atoms with Gasteiger partial charge in [0.25, 0.3) is 5.91 Å². The van der Waals surface area contributed by atoms with Gasteiger partial charge in [-0.2, -0.15) is 5.10 Å². The third-order valence-electron chi connectivity index (χ3n) is 4.94. The van der Waals surface area contributed by atoms with Gasteiger partial charge in [0.15, 0.2) is 6.61 Å². The van der Waals surface area contributed by atoms with E-state index in [-0.39, 0.29) is 0 Å². The summed E-state index contributed by atoms with van der Waals surface area (Å²) in [5.74, 6) is -0.0955. The van der Waals surface area contributed by atoms with Crippen molar-refractivity contribution < 1.29 is 23.8 Å². The lowest BCUT2D eigenvalue weighted by Gasteiger charge is -2.11. The van der Waals surface area contributed by atoms with Gasteiger partial charge in [0.05, 0.1) is 31.3 Å². The smallest absolute Gasteiger partial charge is 0.342 e. The molecule has 4 rings (SSSR count). The average molecular weight is 478 g/mol. The zero-order valence-electron chi connectivity index (χ0n) is 18.7. The predicted octanol–water partition coefficient (Wildman–Crippen LogP) is 4.47. The van der Waals surface area contributed by atoms with E-state index in [1.165, 1.54) is 18.4 Å². The minimum Gasteiger partial charge on any atom is -0.497 e. The third-order valence-corrected chi connectivity index (χ3v) is 5.82. The van der Waals surface area contributed by atoms with Crippen molar-refractivity contribution in [3.63, 3.8) is 0 Å². The van der Waals surface area contributed by atoms with Gasteiger partial charge in [-0.15, -0.1) is 11.3 Å². The highest BCUT2D eigenvalue weighted by atomic mass is 32.1. The molecule has 4 aromatic rings. The van der Waals surface area contributed by atoms with Crippen molar-refractivity contribution >= 4 is 28.9 Å². The Hall–Kier alpha value is -4.11. The molecule has 0 bridgehead atoms.